The minimum atomic E-state index is -0.452. The van der Waals surface area contributed by atoms with Crippen molar-refractivity contribution in [2.24, 2.45) is 0 Å². The predicted molar refractivity (Wildman–Crippen MR) is 106 cm³/mol. The fourth-order valence-corrected chi connectivity index (χ4v) is 4.66. The molecular weight excluding hydrogens is 389 g/mol. The van der Waals surface area contributed by atoms with Crippen molar-refractivity contribution in [3.63, 3.8) is 0 Å². The van der Waals surface area contributed by atoms with Gasteiger partial charge in [0, 0.05) is 31.1 Å². The molecular formula is C18H20FN3O3S2. The van der Waals surface area contributed by atoms with E-state index >= 15 is 0 Å². The van der Waals surface area contributed by atoms with Gasteiger partial charge in [0.1, 0.15) is 11.9 Å². The van der Waals surface area contributed by atoms with E-state index in [1.165, 1.54) is 22.9 Å². The first-order valence-corrected chi connectivity index (χ1v) is 10.7. The van der Waals surface area contributed by atoms with Gasteiger partial charge in [0.15, 0.2) is 5.09 Å². The highest BCUT2D eigenvalue weighted by molar-refractivity contribution is 7.99. The van der Waals surface area contributed by atoms with Crippen LogP contribution < -0.4 is 14.5 Å². The molecule has 2 aliphatic heterocycles. The molecule has 2 fully saturated rings. The van der Waals surface area contributed by atoms with Crippen LogP contribution in [0.25, 0.3) is 0 Å². The zero-order valence-corrected chi connectivity index (χ0v) is 16.2. The molecule has 4 rings (SSSR count). The number of anilines is 2. The molecule has 2 aromatic rings. The van der Waals surface area contributed by atoms with Crippen LogP contribution in [0.2, 0.25) is 0 Å². The maximum absolute atomic E-state index is 14.6. The van der Waals surface area contributed by atoms with Crippen molar-refractivity contribution in [3.05, 3.63) is 42.4 Å². The minimum Gasteiger partial charge on any atom is -0.457 e. The number of furan rings is 1. The Morgan fingerprint density at radius 2 is 2.15 bits per heavy atom. The average Bonchev–Trinajstić information content (AvgIpc) is 3.32. The zero-order chi connectivity index (χ0) is 18.6. The van der Waals surface area contributed by atoms with E-state index in [1.54, 1.807) is 18.4 Å². The molecule has 0 spiro atoms. The number of ether oxygens (including phenoxy) is 1. The molecule has 0 bridgehead atoms. The molecule has 0 radical (unpaired) electrons. The summed E-state index contributed by atoms with van der Waals surface area (Å²) in [6, 6.07) is 8.62. The highest BCUT2D eigenvalue weighted by Crippen LogP contribution is 2.29. The number of halogens is 1. The fraction of sp³-hybridized carbons (Fsp3) is 0.389. The second kappa shape index (κ2) is 8.45. The lowest BCUT2D eigenvalue weighted by Gasteiger charge is -2.29. The molecule has 0 unspecified atom stereocenters. The Hall–Kier alpha value is -1.84. The van der Waals surface area contributed by atoms with Gasteiger partial charge in [-0.25, -0.2) is 9.18 Å². The number of carbonyl (C=O) groups excluding carboxylic acids is 1. The number of nitrogens with zero attached hydrogens (tertiary/aromatic N) is 2. The number of nitrogens with one attached hydrogen (secondary N) is 1. The first kappa shape index (κ1) is 18.5. The number of carbonyl (C=O) groups is 1. The summed E-state index contributed by atoms with van der Waals surface area (Å²) in [5, 5.41) is 0.741. The summed E-state index contributed by atoms with van der Waals surface area (Å²) < 4.78 is 28.3. The van der Waals surface area contributed by atoms with Crippen LogP contribution in [-0.4, -0.2) is 49.9 Å². The van der Waals surface area contributed by atoms with Crippen LogP contribution in [-0.2, 0) is 4.74 Å². The monoisotopic (exact) mass is 409 g/mol. The predicted octanol–water partition coefficient (Wildman–Crippen LogP) is 3.59. The fourth-order valence-electron chi connectivity index (χ4n) is 3.09. The van der Waals surface area contributed by atoms with Crippen molar-refractivity contribution in [1.29, 1.82) is 0 Å². The average molecular weight is 410 g/mol. The van der Waals surface area contributed by atoms with Crippen LogP contribution >= 0.6 is 23.7 Å². The number of cyclic esters (lactones) is 1. The smallest absolute Gasteiger partial charge is 0.414 e. The van der Waals surface area contributed by atoms with E-state index in [1.807, 2.05) is 23.9 Å². The third-order valence-corrected chi connectivity index (χ3v) is 6.13. The molecule has 1 amide bonds. The van der Waals surface area contributed by atoms with Gasteiger partial charge in [-0.3, -0.25) is 9.62 Å². The summed E-state index contributed by atoms with van der Waals surface area (Å²) in [5.74, 6) is 1.71. The van der Waals surface area contributed by atoms with Gasteiger partial charge >= 0.3 is 6.09 Å². The largest absolute Gasteiger partial charge is 0.457 e. The van der Waals surface area contributed by atoms with E-state index in [0.717, 1.165) is 29.7 Å². The number of hydrogen-bond acceptors (Lipinski definition) is 7. The molecule has 0 saturated carbocycles. The van der Waals surface area contributed by atoms with Gasteiger partial charge in [-0.15, -0.1) is 0 Å². The highest BCUT2D eigenvalue weighted by atomic mass is 32.2. The Morgan fingerprint density at radius 1 is 1.30 bits per heavy atom. The number of hydrogen-bond donors (Lipinski definition) is 1. The molecule has 9 heteroatoms. The Bertz CT molecular complexity index is 784. The van der Waals surface area contributed by atoms with Crippen molar-refractivity contribution >= 4 is 41.2 Å². The molecule has 0 aliphatic carbocycles. The Balaban J connectivity index is 1.36. The summed E-state index contributed by atoms with van der Waals surface area (Å²) in [6.07, 6.45) is 0.843. The van der Waals surface area contributed by atoms with Crippen molar-refractivity contribution in [3.8, 4) is 0 Å². The maximum Gasteiger partial charge on any atom is 0.414 e. The van der Waals surface area contributed by atoms with Crippen LogP contribution in [0, 0.1) is 5.82 Å². The topological polar surface area (TPSA) is 58.0 Å². The number of rotatable bonds is 6. The molecule has 144 valence electrons. The normalized spacial score (nSPS) is 20.2. The summed E-state index contributed by atoms with van der Waals surface area (Å²) in [4.78, 5) is 15.7. The lowest BCUT2D eigenvalue weighted by molar-refractivity contribution is 0.143. The quantitative estimate of drug-likeness (QED) is 0.732. The third-order valence-electron chi connectivity index (χ3n) is 4.45. The van der Waals surface area contributed by atoms with Crippen LogP contribution in [0.15, 0.2) is 46.1 Å². The van der Waals surface area contributed by atoms with Gasteiger partial charge in [0.2, 0.25) is 0 Å². The molecule has 1 aromatic carbocycles. The molecule has 27 heavy (non-hydrogen) atoms. The van der Waals surface area contributed by atoms with Crippen LogP contribution in [0.4, 0.5) is 20.6 Å². The van der Waals surface area contributed by atoms with Crippen molar-refractivity contribution < 1.29 is 18.3 Å². The Morgan fingerprint density at radius 3 is 2.89 bits per heavy atom. The minimum absolute atomic E-state index is 0.304. The van der Waals surface area contributed by atoms with Crippen LogP contribution in [0.5, 0.6) is 0 Å². The van der Waals surface area contributed by atoms with Gasteiger partial charge in [0.05, 0.1) is 24.2 Å². The van der Waals surface area contributed by atoms with Crippen molar-refractivity contribution in [2.75, 3.05) is 47.5 Å². The first-order chi connectivity index (χ1) is 13.2. The molecule has 1 N–H and O–H groups in total. The van der Waals surface area contributed by atoms with Crippen LogP contribution in [0.3, 0.4) is 0 Å². The number of benzene rings is 1. The molecule has 3 heterocycles. The van der Waals surface area contributed by atoms with Gasteiger partial charge in [-0.2, -0.15) is 11.8 Å². The van der Waals surface area contributed by atoms with E-state index in [-0.39, 0.29) is 11.9 Å². The van der Waals surface area contributed by atoms with E-state index < -0.39 is 6.09 Å². The van der Waals surface area contributed by atoms with Gasteiger partial charge in [0.25, 0.3) is 0 Å². The van der Waals surface area contributed by atoms with E-state index in [4.69, 9.17) is 9.15 Å². The SMILES string of the molecule is O=C1O[C@H](CNSc2ccco2)CN1c1ccc(N2CCSCC2)c(F)c1. The number of amides is 1. The Labute approximate surface area is 165 Å². The van der Waals surface area contributed by atoms with Crippen LogP contribution in [0.1, 0.15) is 0 Å². The lowest BCUT2D eigenvalue weighted by Crippen LogP contribution is -2.33. The zero-order valence-electron chi connectivity index (χ0n) is 14.6. The standard InChI is InChI=1S/C18H20FN3O3S2/c19-15-10-13(3-4-16(15)21-5-8-26-9-6-21)22-12-14(25-18(22)23)11-20-27-17-2-1-7-24-17/h1-4,7,10,14,20H,5-6,8-9,11-12H2/t14-/m1/s1. The molecule has 2 aliphatic rings. The summed E-state index contributed by atoms with van der Waals surface area (Å²) in [7, 11) is 0. The van der Waals surface area contributed by atoms with E-state index in [2.05, 4.69) is 9.62 Å². The molecule has 6 nitrogen and oxygen atoms in total. The third kappa shape index (κ3) is 4.36. The lowest BCUT2D eigenvalue weighted by atomic mass is 10.2. The molecule has 1 atom stereocenters. The van der Waals surface area contributed by atoms with Gasteiger partial charge < -0.3 is 14.1 Å². The highest BCUT2D eigenvalue weighted by Gasteiger charge is 2.32. The second-order valence-electron chi connectivity index (χ2n) is 6.23. The van der Waals surface area contributed by atoms with E-state index in [0.29, 0.717) is 24.5 Å². The Kier molecular flexibility index (Phi) is 5.80. The van der Waals surface area contributed by atoms with Crippen molar-refractivity contribution in [1.82, 2.24) is 4.72 Å². The summed E-state index contributed by atoms with van der Waals surface area (Å²) in [6.45, 7) is 2.53. The van der Waals surface area contributed by atoms with Gasteiger partial charge in [-0.1, -0.05) is 0 Å². The molecule has 2 saturated heterocycles. The number of thioether (sulfide) groups is 1. The second-order valence-corrected chi connectivity index (χ2v) is 8.35. The van der Waals surface area contributed by atoms with E-state index in [9.17, 15) is 9.18 Å². The first-order valence-electron chi connectivity index (χ1n) is 8.74. The maximum atomic E-state index is 14.6. The molecule has 1 aromatic heterocycles. The van der Waals surface area contributed by atoms with Crippen molar-refractivity contribution in [2.45, 2.75) is 11.2 Å². The summed E-state index contributed by atoms with van der Waals surface area (Å²) in [5.41, 5.74) is 1.12. The summed E-state index contributed by atoms with van der Waals surface area (Å²) >= 11 is 3.22. The van der Waals surface area contributed by atoms with Gasteiger partial charge in [-0.05, 0) is 42.3 Å².